The highest BCUT2D eigenvalue weighted by Gasteiger charge is 2.30. The summed E-state index contributed by atoms with van der Waals surface area (Å²) in [5, 5.41) is 3.27. The van der Waals surface area contributed by atoms with Gasteiger partial charge in [0.2, 0.25) is 15.9 Å². The minimum absolute atomic E-state index is 0.103. The van der Waals surface area contributed by atoms with Crippen molar-refractivity contribution in [3.8, 4) is 5.88 Å². The molecule has 0 bridgehead atoms. The Morgan fingerprint density at radius 1 is 1.29 bits per heavy atom. The topological polar surface area (TPSA) is 97.4 Å². The van der Waals surface area contributed by atoms with E-state index < -0.39 is 21.2 Å². The summed E-state index contributed by atoms with van der Waals surface area (Å²) in [6.45, 7) is 1.25. The van der Waals surface area contributed by atoms with Crippen molar-refractivity contribution in [2.24, 2.45) is 0 Å². The number of aromatic nitrogens is 1. The Kier molecular flexibility index (Phi) is 4.68. The van der Waals surface area contributed by atoms with Crippen molar-refractivity contribution < 1.29 is 17.9 Å². The second-order valence-corrected chi connectivity index (χ2v) is 7.62. The number of pyridine rings is 1. The maximum atomic E-state index is 12.5. The van der Waals surface area contributed by atoms with Gasteiger partial charge in [-0.15, -0.1) is 0 Å². The first-order valence-corrected chi connectivity index (χ1v) is 9.26. The number of carbonyl (C=O) groups excluding carboxylic acids is 1. The first kappa shape index (κ1) is 16.7. The molecule has 128 valence electrons. The SMILES string of the molecule is COc1nc2ccccc2cc1C(=O)NS(=O)(=O)C1CCNCC1. The number of nitrogens with zero attached hydrogens (tertiary/aromatic N) is 1. The lowest BCUT2D eigenvalue weighted by molar-refractivity contribution is 0.0977. The van der Waals surface area contributed by atoms with Crippen LogP contribution < -0.4 is 14.8 Å². The molecule has 0 unspecified atom stereocenters. The largest absolute Gasteiger partial charge is 0.480 e. The summed E-state index contributed by atoms with van der Waals surface area (Å²) >= 11 is 0. The third-order valence-corrected chi connectivity index (χ3v) is 5.91. The summed E-state index contributed by atoms with van der Waals surface area (Å²) in [6.07, 6.45) is 0.964. The number of nitrogens with one attached hydrogen (secondary N) is 2. The number of fused-ring (bicyclic) bond motifs is 1. The van der Waals surface area contributed by atoms with Crippen LogP contribution in [0.1, 0.15) is 23.2 Å². The van der Waals surface area contributed by atoms with E-state index in [9.17, 15) is 13.2 Å². The zero-order chi connectivity index (χ0) is 17.2. The third-order valence-electron chi connectivity index (χ3n) is 4.09. The van der Waals surface area contributed by atoms with Crippen molar-refractivity contribution in [3.63, 3.8) is 0 Å². The molecule has 1 amide bonds. The fraction of sp³-hybridized carbons (Fsp3) is 0.375. The number of piperidine rings is 1. The number of benzene rings is 1. The maximum absolute atomic E-state index is 12.5. The van der Waals surface area contributed by atoms with Crippen molar-refractivity contribution in [2.45, 2.75) is 18.1 Å². The quantitative estimate of drug-likeness (QED) is 0.856. The number of amides is 1. The molecule has 0 saturated carbocycles. The number of ether oxygens (including phenoxy) is 1. The molecule has 1 aliphatic heterocycles. The van der Waals surface area contributed by atoms with Crippen molar-refractivity contribution in [3.05, 3.63) is 35.9 Å². The Balaban J connectivity index is 1.90. The minimum atomic E-state index is -3.73. The Hall–Kier alpha value is -2.19. The van der Waals surface area contributed by atoms with Crippen LogP contribution in [0.2, 0.25) is 0 Å². The molecule has 0 atom stereocenters. The van der Waals surface area contributed by atoms with Crippen LogP contribution in [0, 0.1) is 0 Å². The molecule has 3 rings (SSSR count). The van der Waals surface area contributed by atoms with E-state index in [0.717, 1.165) is 5.39 Å². The van der Waals surface area contributed by atoms with Crippen LogP contribution in [0.25, 0.3) is 10.9 Å². The molecule has 1 aromatic heterocycles. The molecule has 1 aliphatic rings. The van der Waals surface area contributed by atoms with E-state index in [0.29, 0.717) is 31.4 Å². The molecule has 1 saturated heterocycles. The summed E-state index contributed by atoms with van der Waals surface area (Å²) in [5.41, 5.74) is 0.779. The van der Waals surface area contributed by atoms with E-state index in [1.165, 1.54) is 7.11 Å². The summed E-state index contributed by atoms with van der Waals surface area (Å²) < 4.78 is 32.1. The molecule has 8 heteroatoms. The Labute approximate surface area is 140 Å². The molecule has 24 heavy (non-hydrogen) atoms. The lowest BCUT2D eigenvalue weighted by Gasteiger charge is -2.22. The van der Waals surface area contributed by atoms with Gasteiger partial charge in [0.25, 0.3) is 5.91 Å². The Bertz CT molecular complexity index is 861. The number of sulfonamides is 1. The zero-order valence-electron chi connectivity index (χ0n) is 13.3. The number of carbonyl (C=O) groups is 1. The first-order valence-electron chi connectivity index (χ1n) is 7.72. The normalized spacial score (nSPS) is 16.0. The van der Waals surface area contributed by atoms with Crippen LogP contribution in [0.5, 0.6) is 5.88 Å². The zero-order valence-corrected chi connectivity index (χ0v) is 14.1. The van der Waals surface area contributed by atoms with Crippen LogP contribution in [0.4, 0.5) is 0 Å². The average Bonchev–Trinajstić information content (AvgIpc) is 2.61. The minimum Gasteiger partial charge on any atom is -0.480 e. The monoisotopic (exact) mass is 349 g/mol. The van der Waals surface area contributed by atoms with Crippen molar-refractivity contribution in [1.82, 2.24) is 15.0 Å². The second kappa shape index (κ2) is 6.74. The molecule has 2 aromatic rings. The fourth-order valence-electron chi connectivity index (χ4n) is 2.79. The maximum Gasteiger partial charge on any atom is 0.270 e. The molecule has 0 spiro atoms. The molecule has 1 fully saturated rings. The Morgan fingerprint density at radius 3 is 2.71 bits per heavy atom. The molecule has 0 radical (unpaired) electrons. The summed E-state index contributed by atoms with van der Waals surface area (Å²) in [5.74, 6) is -0.615. The standard InChI is InChI=1S/C16H19N3O4S/c1-23-16-13(10-11-4-2-3-5-14(11)18-16)15(20)19-24(21,22)12-6-8-17-9-7-12/h2-5,10,12,17H,6-9H2,1H3,(H,19,20). The molecule has 1 aromatic carbocycles. The van der Waals surface area contributed by atoms with Gasteiger partial charge in [-0.1, -0.05) is 18.2 Å². The number of methoxy groups -OCH3 is 1. The van der Waals surface area contributed by atoms with E-state index in [4.69, 9.17) is 4.74 Å². The van der Waals surface area contributed by atoms with Crippen LogP contribution in [-0.4, -0.2) is 44.8 Å². The number of rotatable bonds is 4. The summed E-state index contributed by atoms with van der Waals surface area (Å²) in [6, 6.07) is 8.85. The van der Waals surface area contributed by atoms with Crippen LogP contribution in [-0.2, 0) is 10.0 Å². The van der Waals surface area contributed by atoms with E-state index in [-0.39, 0.29) is 11.4 Å². The van der Waals surface area contributed by atoms with E-state index in [1.54, 1.807) is 18.2 Å². The molecule has 7 nitrogen and oxygen atoms in total. The summed E-state index contributed by atoms with van der Waals surface area (Å²) in [7, 11) is -2.33. The number of hydrogen-bond donors (Lipinski definition) is 2. The first-order chi connectivity index (χ1) is 11.5. The van der Waals surface area contributed by atoms with Gasteiger partial charge >= 0.3 is 0 Å². The third kappa shape index (κ3) is 3.34. The van der Waals surface area contributed by atoms with Gasteiger partial charge in [-0.05, 0) is 38.1 Å². The predicted octanol–water partition coefficient (Wildman–Crippen LogP) is 1.06. The van der Waals surface area contributed by atoms with Crippen molar-refractivity contribution in [2.75, 3.05) is 20.2 Å². The van der Waals surface area contributed by atoms with Crippen molar-refractivity contribution >= 4 is 26.8 Å². The van der Waals surface area contributed by atoms with Crippen LogP contribution in [0.15, 0.2) is 30.3 Å². The van der Waals surface area contributed by atoms with E-state index >= 15 is 0 Å². The molecule has 0 aliphatic carbocycles. The molecular formula is C16H19N3O4S. The molecule has 2 N–H and O–H groups in total. The van der Waals surface area contributed by atoms with Gasteiger partial charge in [-0.3, -0.25) is 4.79 Å². The molecule has 2 heterocycles. The fourth-order valence-corrected chi connectivity index (χ4v) is 4.18. The van der Waals surface area contributed by atoms with Crippen molar-refractivity contribution in [1.29, 1.82) is 0 Å². The van der Waals surface area contributed by atoms with E-state index in [1.807, 2.05) is 12.1 Å². The van der Waals surface area contributed by atoms with Gasteiger partial charge in [0.1, 0.15) is 5.56 Å². The highest BCUT2D eigenvalue weighted by molar-refractivity contribution is 7.90. The smallest absolute Gasteiger partial charge is 0.270 e. The van der Waals surface area contributed by atoms with Gasteiger partial charge < -0.3 is 10.1 Å². The lowest BCUT2D eigenvalue weighted by Crippen LogP contribution is -2.43. The van der Waals surface area contributed by atoms with Gasteiger partial charge in [-0.2, -0.15) is 0 Å². The van der Waals surface area contributed by atoms with Gasteiger partial charge in [0, 0.05) is 5.39 Å². The van der Waals surface area contributed by atoms with Crippen LogP contribution >= 0.6 is 0 Å². The predicted molar refractivity (Wildman–Crippen MR) is 90.6 cm³/mol. The second-order valence-electron chi connectivity index (χ2n) is 5.66. The van der Waals surface area contributed by atoms with Crippen LogP contribution in [0.3, 0.4) is 0 Å². The van der Waals surface area contributed by atoms with Gasteiger partial charge in [-0.25, -0.2) is 18.1 Å². The average molecular weight is 349 g/mol. The number of hydrogen-bond acceptors (Lipinski definition) is 6. The van der Waals surface area contributed by atoms with E-state index in [2.05, 4.69) is 15.0 Å². The highest BCUT2D eigenvalue weighted by Crippen LogP contribution is 2.22. The summed E-state index contributed by atoms with van der Waals surface area (Å²) in [4.78, 5) is 16.8. The molecular weight excluding hydrogens is 330 g/mol. The lowest BCUT2D eigenvalue weighted by atomic mass is 10.1. The Morgan fingerprint density at radius 2 is 2.00 bits per heavy atom. The van der Waals surface area contributed by atoms with Gasteiger partial charge in [0.15, 0.2) is 0 Å². The highest BCUT2D eigenvalue weighted by atomic mass is 32.2. The van der Waals surface area contributed by atoms with Gasteiger partial charge in [0.05, 0.1) is 17.9 Å². The number of para-hydroxylation sites is 1.